The largest absolute Gasteiger partial charge is 0.393 e. The van der Waals surface area contributed by atoms with Gasteiger partial charge in [0.15, 0.2) is 5.82 Å². The van der Waals surface area contributed by atoms with Crippen LogP contribution in [0.2, 0.25) is 0 Å². The Morgan fingerprint density at radius 2 is 1.85 bits per heavy atom. The molecule has 2 aliphatic rings. The van der Waals surface area contributed by atoms with Crippen molar-refractivity contribution in [3.8, 4) is 23.2 Å². The highest BCUT2D eigenvalue weighted by molar-refractivity contribution is 7.90. The van der Waals surface area contributed by atoms with Gasteiger partial charge in [-0.05, 0) is 50.5 Å². The average Bonchev–Trinajstić information content (AvgIpc) is 3.55. The Kier molecular flexibility index (Phi) is 6.91. The van der Waals surface area contributed by atoms with Crippen LogP contribution in [0, 0.1) is 11.8 Å². The van der Waals surface area contributed by atoms with Gasteiger partial charge in [-0.3, -0.25) is 4.68 Å². The van der Waals surface area contributed by atoms with Gasteiger partial charge < -0.3 is 15.7 Å². The molecule has 6 rings (SSSR count). The minimum atomic E-state index is -3.47. The lowest BCUT2D eigenvalue weighted by Crippen LogP contribution is -2.28. The Labute approximate surface area is 231 Å². The molecule has 4 heterocycles. The predicted molar refractivity (Wildman–Crippen MR) is 147 cm³/mol. The summed E-state index contributed by atoms with van der Waals surface area (Å²) in [5, 5.41) is 24.6. The van der Waals surface area contributed by atoms with Crippen molar-refractivity contribution in [2.45, 2.75) is 55.9 Å². The number of anilines is 3. The summed E-state index contributed by atoms with van der Waals surface area (Å²) in [7, 11) is -1.69. The fourth-order valence-corrected chi connectivity index (χ4v) is 5.96. The lowest BCUT2D eigenvalue weighted by Gasteiger charge is -2.27. The number of rotatable bonds is 7. The van der Waals surface area contributed by atoms with Crippen LogP contribution >= 0.6 is 0 Å². The van der Waals surface area contributed by atoms with E-state index in [1.807, 2.05) is 6.07 Å². The topological polar surface area (TPSA) is 166 Å². The maximum absolute atomic E-state index is 12.5. The van der Waals surface area contributed by atoms with E-state index >= 15 is 0 Å². The quantitative estimate of drug-likeness (QED) is 0.283. The number of aliphatic hydroxyl groups excluding tert-OH is 1. The first kappa shape index (κ1) is 25.9. The first-order chi connectivity index (χ1) is 19.3. The zero-order valence-corrected chi connectivity index (χ0v) is 22.6. The zero-order valence-electron chi connectivity index (χ0n) is 21.8. The smallest absolute Gasteiger partial charge is 0.256 e. The van der Waals surface area contributed by atoms with Gasteiger partial charge in [0.25, 0.3) is 10.0 Å². The van der Waals surface area contributed by atoms with Crippen molar-refractivity contribution in [2.75, 3.05) is 10.6 Å². The number of nitrogens with zero attached hydrogens (tertiary/aromatic N) is 8. The molecule has 0 amide bonds. The first-order valence-electron chi connectivity index (χ1n) is 13.1. The van der Waals surface area contributed by atoms with E-state index in [0.29, 0.717) is 47.3 Å². The molecule has 0 spiro atoms. The van der Waals surface area contributed by atoms with Crippen LogP contribution in [-0.4, -0.2) is 69.8 Å². The Morgan fingerprint density at radius 1 is 1.02 bits per heavy atom. The van der Waals surface area contributed by atoms with Gasteiger partial charge in [-0.2, -0.15) is 9.19 Å². The van der Waals surface area contributed by atoms with Gasteiger partial charge in [0.05, 0.1) is 40.6 Å². The van der Waals surface area contributed by atoms with E-state index in [1.54, 1.807) is 36.5 Å². The summed E-state index contributed by atoms with van der Waals surface area (Å²) < 4.78 is 27.6. The van der Waals surface area contributed by atoms with Gasteiger partial charge in [-0.25, -0.2) is 28.4 Å². The second kappa shape index (κ2) is 10.7. The molecule has 0 bridgehead atoms. The Bertz CT molecular complexity index is 1690. The molecule has 2 fully saturated rings. The summed E-state index contributed by atoms with van der Waals surface area (Å²) >= 11 is 0. The Balaban J connectivity index is 1.24. The highest BCUT2D eigenvalue weighted by Crippen LogP contribution is 2.30. The van der Waals surface area contributed by atoms with E-state index in [-0.39, 0.29) is 17.4 Å². The second-order valence-corrected chi connectivity index (χ2v) is 12.1. The van der Waals surface area contributed by atoms with Crippen molar-refractivity contribution >= 4 is 27.3 Å². The third-order valence-electron chi connectivity index (χ3n) is 6.81. The van der Waals surface area contributed by atoms with Crippen molar-refractivity contribution in [3.63, 3.8) is 0 Å². The fourth-order valence-electron chi connectivity index (χ4n) is 4.48. The number of aromatic nitrogens is 8. The van der Waals surface area contributed by atoms with Crippen LogP contribution < -0.4 is 10.6 Å². The second-order valence-electron chi connectivity index (χ2n) is 9.99. The third kappa shape index (κ3) is 5.80. The van der Waals surface area contributed by atoms with Gasteiger partial charge in [-0.15, -0.1) is 5.10 Å². The molecule has 0 aliphatic heterocycles. The summed E-state index contributed by atoms with van der Waals surface area (Å²) in [5.74, 6) is 7.87. The number of aliphatic hydroxyl groups is 1. The first-order valence-corrected chi connectivity index (χ1v) is 14.6. The lowest BCUT2D eigenvalue weighted by molar-refractivity contribution is 0.126. The number of pyridine rings is 1. The van der Waals surface area contributed by atoms with Gasteiger partial charge in [-0.1, -0.05) is 5.92 Å². The van der Waals surface area contributed by atoms with E-state index < -0.39 is 10.0 Å². The molecular formula is C26H28N10O3S. The minimum Gasteiger partial charge on any atom is -0.393 e. The van der Waals surface area contributed by atoms with Crippen LogP contribution in [0.15, 0.2) is 43.2 Å². The molecule has 206 valence electrons. The SMILES string of the molecule is Cn1cnc(C#Cc2cnc(Nc3ccnc(-c4cnn(S(=O)(=O)C5CC5)c4)n3)cc2NC2CCC(O)CC2)n1. The number of hydrogen-bond donors (Lipinski definition) is 3. The summed E-state index contributed by atoms with van der Waals surface area (Å²) in [6.45, 7) is 0. The molecule has 0 aromatic carbocycles. The molecule has 13 nitrogen and oxygen atoms in total. The molecule has 40 heavy (non-hydrogen) atoms. The van der Waals surface area contributed by atoms with E-state index in [2.05, 4.69) is 52.6 Å². The van der Waals surface area contributed by atoms with Crippen molar-refractivity contribution in [3.05, 3.63) is 54.6 Å². The molecule has 0 unspecified atom stereocenters. The van der Waals surface area contributed by atoms with Gasteiger partial charge >= 0.3 is 0 Å². The fraction of sp³-hybridized carbons (Fsp3) is 0.385. The molecule has 4 aromatic rings. The van der Waals surface area contributed by atoms with Crippen molar-refractivity contribution in [1.82, 2.24) is 38.9 Å². The minimum absolute atomic E-state index is 0.196. The highest BCUT2D eigenvalue weighted by atomic mass is 32.2. The summed E-state index contributed by atoms with van der Waals surface area (Å²) in [4.78, 5) is 17.5. The molecule has 2 saturated carbocycles. The molecule has 0 atom stereocenters. The number of aryl methyl sites for hydroxylation is 1. The molecule has 2 aliphatic carbocycles. The summed E-state index contributed by atoms with van der Waals surface area (Å²) in [5.41, 5.74) is 1.98. The van der Waals surface area contributed by atoms with Gasteiger partial charge in [0.2, 0.25) is 5.82 Å². The standard InChI is InChI=1S/C26H28N10O3S/c1-35-16-29-23(34-35)9-2-17-13-28-25(12-22(17)31-19-3-5-20(37)6-4-19)32-24-10-11-27-26(33-24)18-14-30-36(15-18)40(38,39)21-7-8-21/h10-16,19-21,37H,3-8H2,1H3,(H2,27,28,31,32,33). The average molecular weight is 561 g/mol. The van der Waals surface area contributed by atoms with Crippen LogP contribution in [0.1, 0.15) is 49.9 Å². The molecule has 14 heteroatoms. The van der Waals surface area contributed by atoms with Gasteiger partial charge in [0.1, 0.15) is 18.0 Å². The van der Waals surface area contributed by atoms with Crippen LogP contribution in [0.3, 0.4) is 0 Å². The van der Waals surface area contributed by atoms with Crippen molar-refractivity contribution in [2.24, 2.45) is 7.05 Å². The summed E-state index contributed by atoms with van der Waals surface area (Å²) in [6.07, 6.45) is 12.0. The number of hydrogen-bond acceptors (Lipinski definition) is 11. The van der Waals surface area contributed by atoms with Crippen LogP contribution in [0.5, 0.6) is 0 Å². The van der Waals surface area contributed by atoms with Crippen molar-refractivity contribution in [1.29, 1.82) is 0 Å². The molecule has 0 radical (unpaired) electrons. The molecule has 4 aromatic heterocycles. The van der Waals surface area contributed by atoms with Gasteiger partial charge in [0, 0.05) is 31.5 Å². The Hall–Kier alpha value is -4.35. The number of nitrogens with one attached hydrogen (secondary N) is 2. The van der Waals surface area contributed by atoms with Crippen molar-refractivity contribution < 1.29 is 13.5 Å². The van der Waals surface area contributed by atoms with E-state index in [0.717, 1.165) is 35.5 Å². The predicted octanol–water partition coefficient (Wildman–Crippen LogP) is 2.06. The normalized spacial score (nSPS) is 19.1. The maximum Gasteiger partial charge on any atom is 0.256 e. The van der Waals surface area contributed by atoms with E-state index in [9.17, 15) is 13.5 Å². The molecule has 3 N–H and O–H groups in total. The van der Waals surface area contributed by atoms with Crippen LogP contribution in [0.4, 0.5) is 17.3 Å². The zero-order chi connectivity index (χ0) is 27.7. The maximum atomic E-state index is 12.5. The van der Waals surface area contributed by atoms with E-state index in [1.165, 1.54) is 12.4 Å². The highest BCUT2D eigenvalue weighted by Gasteiger charge is 2.37. The van der Waals surface area contributed by atoms with E-state index in [4.69, 9.17) is 0 Å². The Morgan fingerprint density at radius 3 is 2.60 bits per heavy atom. The van der Waals surface area contributed by atoms with Crippen LogP contribution in [0.25, 0.3) is 11.4 Å². The lowest BCUT2D eigenvalue weighted by atomic mass is 9.93. The third-order valence-corrected chi connectivity index (χ3v) is 8.84. The molecule has 0 saturated heterocycles. The van der Waals surface area contributed by atoms with Crippen LogP contribution in [-0.2, 0) is 17.1 Å². The summed E-state index contributed by atoms with van der Waals surface area (Å²) in [6, 6.07) is 3.76. The monoisotopic (exact) mass is 560 g/mol. The molecular weight excluding hydrogens is 532 g/mol.